The van der Waals surface area contributed by atoms with Crippen LogP contribution in [0.15, 0.2) is 158 Å². The van der Waals surface area contributed by atoms with Crippen LogP contribution in [-0.2, 0) is 5.41 Å². The van der Waals surface area contributed by atoms with E-state index in [0.717, 1.165) is 11.3 Å². The van der Waals surface area contributed by atoms with E-state index in [1.807, 2.05) is 18.3 Å². The Bertz CT molecular complexity index is 2590. The predicted molar refractivity (Wildman–Crippen MR) is 206 cm³/mol. The van der Waals surface area contributed by atoms with Gasteiger partial charge in [-0.1, -0.05) is 142 Å². The molecule has 1 heterocycles. The van der Waals surface area contributed by atoms with E-state index in [2.05, 4.69) is 165 Å². The largest absolute Gasteiger partial charge is 0.256 e. The number of rotatable bonds is 4. The van der Waals surface area contributed by atoms with Crippen molar-refractivity contribution in [2.45, 2.75) is 26.2 Å². The summed E-state index contributed by atoms with van der Waals surface area (Å²) in [5, 5.41) is 10.3. The highest BCUT2D eigenvalue weighted by Crippen LogP contribution is 2.45. The molecule has 0 atom stereocenters. The summed E-state index contributed by atoms with van der Waals surface area (Å²) in [6, 6.07) is 55.9. The van der Waals surface area contributed by atoms with Gasteiger partial charge in [0.15, 0.2) is 0 Å². The zero-order valence-corrected chi connectivity index (χ0v) is 27.5. The third-order valence-corrected chi connectivity index (χ3v) is 10.00. The van der Waals surface area contributed by atoms with Crippen LogP contribution in [0, 0.1) is 0 Å². The highest BCUT2D eigenvalue weighted by Gasteiger charge is 2.20. The van der Waals surface area contributed by atoms with Crippen LogP contribution < -0.4 is 0 Å². The van der Waals surface area contributed by atoms with Crippen molar-refractivity contribution < 1.29 is 0 Å². The van der Waals surface area contributed by atoms with Gasteiger partial charge >= 0.3 is 0 Å². The fraction of sp³-hybridized carbons (Fsp3) is 0.0851. The lowest BCUT2D eigenvalue weighted by Crippen LogP contribution is -2.10. The first kappa shape index (κ1) is 28.4. The molecule has 8 aromatic carbocycles. The van der Waals surface area contributed by atoms with Crippen LogP contribution in [-0.4, -0.2) is 4.98 Å². The fourth-order valence-electron chi connectivity index (χ4n) is 7.40. The summed E-state index contributed by atoms with van der Waals surface area (Å²) in [5.74, 6) is 0. The molecule has 9 aromatic rings. The van der Waals surface area contributed by atoms with Gasteiger partial charge in [0, 0.05) is 11.8 Å². The van der Waals surface area contributed by atoms with Gasteiger partial charge in [0.25, 0.3) is 0 Å². The van der Waals surface area contributed by atoms with Crippen LogP contribution in [0.3, 0.4) is 0 Å². The second kappa shape index (κ2) is 10.9. The van der Waals surface area contributed by atoms with Crippen molar-refractivity contribution in [2.24, 2.45) is 0 Å². The van der Waals surface area contributed by atoms with Gasteiger partial charge in [-0.2, -0.15) is 0 Å². The molecule has 1 heteroatoms. The van der Waals surface area contributed by atoms with Crippen LogP contribution in [0.1, 0.15) is 26.3 Å². The highest BCUT2D eigenvalue weighted by atomic mass is 14.7. The van der Waals surface area contributed by atoms with Crippen molar-refractivity contribution in [3.05, 3.63) is 163 Å². The molecule has 0 aliphatic rings. The zero-order chi connectivity index (χ0) is 32.4. The molecule has 0 saturated heterocycles. The predicted octanol–water partition coefficient (Wildman–Crippen LogP) is 13.1. The maximum atomic E-state index is 4.58. The molecule has 0 spiro atoms. The molecule has 0 aliphatic carbocycles. The van der Waals surface area contributed by atoms with E-state index < -0.39 is 0 Å². The minimum Gasteiger partial charge on any atom is -0.256 e. The molecular formula is C47H35N. The fourth-order valence-corrected chi connectivity index (χ4v) is 7.40. The normalized spacial score (nSPS) is 12.1. The minimum absolute atomic E-state index is 0.0722. The SMILES string of the molecule is CC(C)(C)c1cc2ccc3c(-c4ccc(-c5ccccc5)cc4)cc(-c4ccc5cc(-c6ccccn6)ccc5c4)c4ccc(c1)c2c34. The van der Waals surface area contributed by atoms with Crippen LogP contribution in [0.4, 0.5) is 0 Å². The lowest BCUT2D eigenvalue weighted by molar-refractivity contribution is 0.591. The van der Waals surface area contributed by atoms with E-state index in [0.29, 0.717) is 0 Å². The van der Waals surface area contributed by atoms with Gasteiger partial charge in [-0.15, -0.1) is 0 Å². The van der Waals surface area contributed by atoms with Crippen molar-refractivity contribution in [1.29, 1.82) is 0 Å². The van der Waals surface area contributed by atoms with Crippen LogP contribution in [0.5, 0.6) is 0 Å². The maximum absolute atomic E-state index is 4.58. The number of aromatic nitrogens is 1. The van der Waals surface area contributed by atoms with Crippen LogP contribution in [0.25, 0.3) is 87.7 Å². The van der Waals surface area contributed by atoms with Gasteiger partial charge in [-0.25, -0.2) is 0 Å². The van der Waals surface area contributed by atoms with Crippen molar-refractivity contribution >= 4 is 43.1 Å². The van der Waals surface area contributed by atoms with E-state index in [1.54, 1.807) is 0 Å². The minimum atomic E-state index is 0.0722. The third-order valence-electron chi connectivity index (χ3n) is 10.00. The number of hydrogen-bond donors (Lipinski definition) is 0. The summed E-state index contributed by atoms with van der Waals surface area (Å²) < 4.78 is 0. The molecule has 0 unspecified atom stereocenters. The Morgan fingerprint density at radius 3 is 1.58 bits per heavy atom. The molecule has 0 bridgehead atoms. The molecule has 0 aliphatic heterocycles. The molecule has 0 saturated carbocycles. The second-order valence-corrected chi connectivity index (χ2v) is 14.1. The van der Waals surface area contributed by atoms with E-state index >= 15 is 0 Å². The lowest BCUT2D eigenvalue weighted by Gasteiger charge is -2.23. The first-order chi connectivity index (χ1) is 23.4. The smallest absolute Gasteiger partial charge is 0.0702 e. The van der Waals surface area contributed by atoms with E-state index in [4.69, 9.17) is 0 Å². The first-order valence-electron chi connectivity index (χ1n) is 16.8. The molecule has 0 radical (unpaired) electrons. The second-order valence-electron chi connectivity index (χ2n) is 14.1. The van der Waals surface area contributed by atoms with E-state index in [1.165, 1.54) is 82.0 Å². The Morgan fingerprint density at radius 1 is 0.396 bits per heavy atom. The molecule has 1 aromatic heterocycles. The van der Waals surface area contributed by atoms with Gasteiger partial charge in [0.2, 0.25) is 0 Å². The van der Waals surface area contributed by atoms with Gasteiger partial charge < -0.3 is 0 Å². The highest BCUT2D eigenvalue weighted by molar-refractivity contribution is 6.28. The van der Waals surface area contributed by atoms with Gasteiger partial charge in [0.05, 0.1) is 5.69 Å². The zero-order valence-electron chi connectivity index (χ0n) is 27.5. The third kappa shape index (κ3) is 4.74. The summed E-state index contributed by atoms with van der Waals surface area (Å²) in [4.78, 5) is 4.58. The van der Waals surface area contributed by atoms with Crippen molar-refractivity contribution in [3.63, 3.8) is 0 Å². The van der Waals surface area contributed by atoms with Crippen molar-refractivity contribution in [3.8, 4) is 44.6 Å². The van der Waals surface area contributed by atoms with Crippen molar-refractivity contribution in [2.75, 3.05) is 0 Å². The summed E-state index contributed by atoms with van der Waals surface area (Å²) >= 11 is 0. The number of pyridine rings is 1. The summed E-state index contributed by atoms with van der Waals surface area (Å²) in [6.07, 6.45) is 1.85. The number of nitrogens with zero attached hydrogens (tertiary/aromatic N) is 1. The summed E-state index contributed by atoms with van der Waals surface area (Å²) in [7, 11) is 0. The molecule has 0 amide bonds. The Morgan fingerprint density at radius 2 is 0.938 bits per heavy atom. The topological polar surface area (TPSA) is 12.9 Å². The Balaban J connectivity index is 1.28. The Hall–Kier alpha value is -5.79. The number of hydrogen-bond acceptors (Lipinski definition) is 1. The molecule has 9 rings (SSSR count). The van der Waals surface area contributed by atoms with E-state index in [-0.39, 0.29) is 5.41 Å². The monoisotopic (exact) mass is 613 g/mol. The van der Waals surface area contributed by atoms with Crippen molar-refractivity contribution in [1.82, 2.24) is 4.98 Å². The van der Waals surface area contributed by atoms with Gasteiger partial charge in [0.1, 0.15) is 0 Å². The lowest BCUT2D eigenvalue weighted by atomic mass is 9.81. The molecule has 0 fully saturated rings. The molecule has 0 N–H and O–H groups in total. The van der Waals surface area contributed by atoms with Crippen LogP contribution >= 0.6 is 0 Å². The number of benzene rings is 8. The molecular weight excluding hydrogens is 579 g/mol. The average molecular weight is 614 g/mol. The van der Waals surface area contributed by atoms with Crippen LogP contribution in [0.2, 0.25) is 0 Å². The first-order valence-corrected chi connectivity index (χ1v) is 16.8. The molecule has 48 heavy (non-hydrogen) atoms. The quantitative estimate of drug-likeness (QED) is 0.180. The van der Waals surface area contributed by atoms with E-state index in [9.17, 15) is 0 Å². The standard InChI is InChI=1S/C47H35N/c1-47(2,3)39-27-37-20-22-40-42(32-14-12-31(13-15-32)30-9-5-4-6-10-30)29-43(41-23-21-38(28-39)45(37)46(40)41)35-18-16-34-26-36(19-17-33(34)25-35)44-11-7-8-24-48-44/h4-29H,1-3H3. The Kier molecular flexibility index (Phi) is 6.45. The summed E-state index contributed by atoms with van der Waals surface area (Å²) in [6.45, 7) is 6.90. The number of fused-ring (bicyclic) bond motifs is 1. The average Bonchev–Trinajstić information content (AvgIpc) is 3.13. The van der Waals surface area contributed by atoms with Gasteiger partial charge in [-0.3, -0.25) is 4.98 Å². The van der Waals surface area contributed by atoms with Gasteiger partial charge in [-0.05, 0) is 118 Å². The molecule has 1 nitrogen and oxygen atoms in total. The Labute approximate surface area is 281 Å². The summed E-state index contributed by atoms with van der Waals surface area (Å²) in [5.41, 5.74) is 11.0. The maximum Gasteiger partial charge on any atom is 0.0702 e. The molecule has 228 valence electrons.